The van der Waals surface area contributed by atoms with E-state index in [4.69, 9.17) is 4.74 Å². The maximum atomic E-state index is 11.9. The molecule has 0 aliphatic carbocycles. The lowest BCUT2D eigenvalue weighted by Gasteiger charge is -2.19. The quantitative estimate of drug-likeness (QED) is 0.412. The summed E-state index contributed by atoms with van der Waals surface area (Å²) in [4.78, 5) is 22.8. The minimum Gasteiger partial charge on any atom is -0.466 e. The normalized spacial score (nSPS) is 11.6. The standard InChI is InChI=1S/C20H24N2O4/c1-3-26-20(23)14-17(11-10-16-7-5-4-6-8-16)21-18-13-15(2)9-12-19(18)22(24)25/h4-9,12-13,17,21H,3,10-11,14H2,1-2H3. The number of nitro benzene ring substituents is 1. The Bertz CT molecular complexity index is 747. The van der Waals surface area contributed by atoms with Gasteiger partial charge in [-0.15, -0.1) is 0 Å². The van der Waals surface area contributed by atoms with E-state index in [1.807, 2.05) is 37.3 Å². The second kappa shape index (κ2) is 9.56. The van der Waals surface area contributed by atoms with Crippen molar-refractivity contribution in [2.75, 3.05) is 11.9 Å². The second-order valence-electron chi connectivity index (χ2n) is 6.15. The second-order valence-corrected chi connectivity index (χ2v) is 6.15. The number of hydrogen-bond donors (Lipinski definition) is 1. The maximum absolute atomic E-state index is 11.9. The molecule has 0 radical (unpaired) electrons. The van der Waals surface area contributed by atoms with Crippen LogP contribution in [0.3, 0.4) is 0 Å². The minimum absolute atomic E-state index is 0.00386. The number of aryl methyl sites for hydroxylation is 2. The number of esters is 1. The molecule has 1 unspecified atom stereocenters. The van der Waals surface area contributed by atoms with Crippen LogP contribution in [-0.2, 0) is 16.0 Å². The Morgan fingerprint density at radius 1 is 1.23 bits per heavy atom. The van der Waals surface area contributed by atoms with Crippen molar-refractivity contribution in [2.24, 2.45) is 0 Å². The molecule has 0 aromatic heterocycles. The molecule has 0 aliphatic heterocycles. The number of rotatable bonds is 9. The molecule has 0 fully saturated rings. The van der Waals surface area contributed by atoms with Gasteiger partial charge in [0, 0.05) is 12.1 Å². The molecule has 1 atom stereocenters. The Morgan fingerprint density at radius 2 is 1.96 bits per heavy atom. The highest BCUT2D eigenvalue weighted by molar-refractivity contribution is 5.71. The summed E-state index contributed by atoms with van der Waals surface area (Å²) in [6.45, 7) is 3.95. The zero-order chi connectivity index (χ0) is 18.9. The first-order valence-corrected chi connectivity index (χ1v) is 8.70. The number of carbonyl (C=O) groups is 1. The van der Waals surface area contributed by atoms with Crippen LogP contribution in [0.2, 0.25) is 0 Å². The SMILES string of the molecule is CCOC(=O)CC(CCc1ccccc1)Nc1cc(C)ccc1[N+](=O)[O-]. The van der Waals surface area contributed by atoms with E-state index in [1.54, 1.807) is 19.1 Å². The average Bonchev–Trinajstić information content (AvgIpc) is 2.60. The van der Waals surface area contributed by atoms with Crippen LogP contribution >= 0.6 is 0 Å². The summed E-state index contributed by atoms with van der Waals surface area (Å²) in [5, 5.41) is 14.5. The van der Waals surface area contributed by atoms with Gasteiger partial charge in [0.05, 0.1) is 18.0 Å². The number of nitro groups is 1. The molecule has 138 valence electrons. The van der Waals surface area contributed by atoms with Crippen molar-refractivity contribution in [3.05, 3.63) is 69.8 Å². The lowest BCUT2D eigenvalue weighted by Crippen LogP contribution is -2.25. The first kappa shape index (κ1) is 19.4. The van der Waals surface area contributed by atoms with E-state index in [0.29, 0.717) is 18.7 Å². The molecule has 26 heavy (non-hydrogen) atoms. The summed E-state index contributed by atoms with van der Waals surface area (Å²) < 4.78 is 5.05. The van der Waals surface area contributed by atoms with Crippen molar-refractivity contribution in [3.8, 4) is 0 Å². The van der Waals surface area contributed by atoms with Gasteiger partial charge in [-0.1, -0.05) is 36.4 Å². The lowest BCUT2D eigenvalue weighted by atomic mass is 10.0. The van der Waals surface area contributed by atoms with Gasteiger partial charge in [0.15, 0.2) is 0 Å². The van der Waals surface area contributed by atoms with E-state index in [9.17, 15) is 14.9 Å². The molecular weight excluding hydrogens is 332 g/mol. The number of hydrogen-bond acceptors (Lipinski definition) is 5. The molecule has 0 heterocycles. The Kier molecular flexibility index (Phi) is 7.14. The molecular formula is C20H24N2O4. The minimum atomic E-state index is -0.416. The Labute approximate surface area is 153 Å². The summed E-state index contributed by atoms with van der Waals surface area (Å²) in [6, 6.07) is 14.6. The first-order chi connectivity index (χ1) is 12.5. The van der Waals surface area contributed by atoms with Crippen LogP contribution in [0.25, 0.3) is 0 Å². The molecule has 0 saturated heterocycles. The smallest absolute Gasteiger partial charge is 0.307 e. The monoisotopic (exact) mass is 356 g/mol. The van der Waals surface area contributed by atoms with Gasteiger partial charge < -0.3 is 10.1 Å². The molecule has 6 heteroatoms. The highest BCUT2D eigenvalue weighted by Gasteiger charge is 2.20. The fourth-order valence-corrected chi connectivity index (χ4v) is 2.78. The molecule has 2 aromatic carbocycles. The number of nitrogens with zero attached hydrogens (tertiary/aromatic N) is 1. The maximum Gasteiger partial charge on any atom is 0.307 e. The van der Waals surface area contributed by atoms with Crippen LogP contribution < -0.4 is 5.32 Å². The molecule has 0 bridgehead atoms. The van der Waals surface area contributed by atoms with E-state index in [-0.39, 0.29) is 24.1 Å². The fourth-order valence-electron chi connectivity index (χ4n) is 2.78. The predicted molar refractivity (Wildman–Crippen MR) is 101 cm³/mol. The third-order valence-electron chi connectivity index (χ3n) is 4.05. The molecule has 2 rings (SSSR count). The topological polar surface area (TPSA) is 81.5 Å². The zero-order valence-corrected chi connectivity index (χ0v) is 15.1. The van der Waals surface area contributed by atoms with Gasteiger partial charge >= 0.3 is 5.97 Å². The summed E-state index contributed by atoms with van der Waals surface area (Å²) in [5.41, 5.74) is 2.50. The summed E-state index contributed by atoms with van der Waals surface area (Å²) >= 11 is 0. The van der Waals surface area contributed by atoms with Gasteiger partial charge in [0.25, 0.3) is 5.69 Å². The Hall–Kier alpha value is -2.89. The van der Waals surface area contributed by atoms with Crippen LogP contribution in [-0.4, -0.2) is 23.5 Å². The molecule has 0 spiro atoms. The molecule has 2 aromatic rings. The number of benzene rings is 2. The van der Waals surface area contributed by atoms with Gasteiger partial charge in [0.2, 0.25) is 0 Å². The van der Waals surface area contributed by atoms with E-state index in [1.165, 1.54) is 6.07 Å². The summed E-state index contributed by atoms with van der Waals surface area (Å²) in [7, 11) is 0. The highest BCUT2D eigenvalue weighted by Crippen LogP contribution is 2.27. The van der Waals surface area contributed by atoms with Gasteiger partial charge in [-0.3, -0.25) is 14.9 Å². The number of carbonyl (C=O) groups excluding carboxylic acids is 1. The van der Waals surface area contributed by atoms with Crippen LogP contribution in [0.1, 0.15) is 30.9 Å². The Balaban J connectivity index is 2.16. The van der Waals surface area contributed by atoms with Gasteiger partial charge in [-0.05, 0) is 43.9 Å². The third kappa shape index (κ3) is 5.88. The van der Waals surface area contributed by atoms with Crippen molar-refractivity contribution >= 4 is 17.3 Å². The van der Waals surface area contributed by atoms with Crippen LogP contribution in [0.5, 0.6) is 0 Å². The van der Waals surface area contributed by atoms with E-state index < -0.39 is 4.92 Å². The Morgan fingerprint density at radius 3 is 2.62 bits per heavy atom. The van der Waals surface area contributed by atoms with E-state index in [0.717, 1.165) is 17.5 Å². The van der Waals surface area contributed by atoms with Crippen molar-refractivity contribution in [1.29, 1.82) is 0 Å². The summed E-state index contributed by atoms with van der Waals surface area (Å²) in [5.74, 6) is -0.312. The van der Waals surface area contributed by atoms with Crippen molar-refractivity contribution in [2.45, 2.75) is 39.2 Å². The molecule has 0 aliphatic rings. The fraction of sp³-hybridized carbons (Fsp3) is 0.350. The van der Waals surface area contributed by atoms with Crippen LogP contribution in [0.15, 0.2) is 48.5 Å². The molecule has 0 saturated carbocycles. The van der Waals surface area contributed by atoms with Crippen LogP contribution in [0, 0.1) is 17.0 Å². The van der Waals surface area contributed by atoms with Crippen molar-refractivity contribution in [1.82, 2.24) is 0 Å². The van der Waals surface area contributed by atoms with Crippen molar-refractivity contribution in [3.63, 3.8) is 0 Å². The lowest BCUT2D eigenvalue weighted by molar-refractivity contribution is -0.384. The first-order valence-electron chi connectivity index (χ1n) is 8.70. The number of ether oxygens (including phenoxy) is 1. The third-order valence-corrected chi connectivity index (χ3v) is 4.05. The van der Waals surface area contributed by atoms with Crippen molar-refractivity contribution < 1.29 is 14.5 Å². The van der Waals surface area contributed by atoms with E-state index in [2.05, 4.69) is 5.32 Å². The molecule has 6 nitrogen and oxygen atoms in total. The average molecular weight is 356 g/mol. The number of anilines is 1. The van der Waals surface area contributed by atoms with Gasteiger partial charge in [-0.25, -0.2) is 0 Å². The zero-order valence-electron chi connectivity index (χ0n) is 15.1. The van der Waals surface area contributed by atoms with Gasteiger partial charge in [-0.2, -0.15) is 0 Å². The van der Waals surface area contributed by atoms with Gasteiger partial charge in [0.1, 0.15) is 5.69 Å². The predicted octanol–water partition coefficient (Wildman–Crippen LogP) is 4.27. The highest BCUT2D eigenvalue weighted by atomic mass is 16.6. The van der Waals surface area contributed by atoms with Crippen LogP contribution in [0.4, 0.5) is 11.4 Å². The molecule has 1 N–H and O–H groups in total. The largest absolute Gasteiger partial charge is 0.466 e. The van der Waals surface area contributed by atoms with E-state index >= 15 is 0 Å². The molecule has 0 amide bonds. The number of nitrogens with one attached hydrogen (secondary N) is 1. The summed E-state index contributed by atoms with van der Waals surface area (Å²) in [6.07, 6.45) is 1.58.